The highest BCUT2D eigenvalue weighted by atomic mass is 16.5. The molecule has 1 aliphatic heterocycles. The zero-order chi connectivity index (χ0) is 18.8. The second-order valence-electron chi connectivity index (χ2n) is 6.14. The number of benzene rings is 1. The van der Waals surface area contributed by atoms with Crippen LogP contribution in [0.25, 0.3) is 0 Å². The van der Waals surface area contributed by atoms with Crippen molar-refractivity contribution >= 4 is 17.8 Å². The van der Waals surface area contributed by atoms with Gasteiger partial charge in [0.1, 0.15) is 12.1 Å². The fourth-order valence-electron chi connectivity index (χ4n) is 3.12. The number of carbonyl (C=O) groups is 3. The van der Waals surface area contributed by atoms with Crippen molar-refractivity contribution in [2.75, 3.05) is 7.11 Å². The summed E-state index contributed by atoms with van der Waals surface area (Å²) in [5.41, 5.74) is 1.84. The van der Waals surface area contributed by atoms with Gasteiger partial charge in [0.25, 0.3) is 0 Å². The highest BCUT2D eigenvalue weighted by Gasteiger charge is 2.37. The minimum Gasteiger partial charge on any atom is -0.476 e. The molecule has 136 valence electrons. The molecule has 3 rings (SSSR count). The zero-order valence-corrected chi connectivity index (χ0v) is 14.5. The van der Waals surface area contributed by atoms with Gasteiger partial charge in [0.15, 0.2) is 5.69 Å². The summed E-state index contributed by atoms with van der Waals surface area (Å²) in [5.74, 6) is -1.97. The topological polar surface area (TPSA) is 102 Å². The average molecular weight is 357 g/mol. The van der Waals surface area contributed by atoms with Gasteiger partial charge >= 0.3 is 11.9 Å². The van der Waals surface area contributed by atoms with Crippen molar-refractivity contribution in [3.05, 3.63) is 53.3 Å². The van der Waals surface area contributed by atoms with E-state index in [1.54, 1.807) is 6.92 Å². The van der Waals surface area contributed by atoms with Crippen LogP contribution in [-0.4, -0.2) is 50.8 Å². The van der Waals surface area contributed by atoms with Crippen LogP contribution in [0.15, 0.2) is 36.5 Å². The molecule has 1 aliphatic rings. The lowest BCUT2D eigenvalue weighted by atomic mass is 9.93. The SMILES string of the molecule is COC(=O)C1Cc2ccccc2CN1C(=O)C(C)n1ccc(C(=O)O)n1. The molecule has 1 N–H and O–H groups in total. The van der Waals surface area contributed by atoms with Crippen molar-refractivity contribution in [3.8, 4) is 0 Å². The van der Waals surface area contributed by atoms with Crippen molar-refractivity contribution < 1.29 is 24.2 Å². The fourth-order valence-corrected chi connectivity index (χ4v) is 3.12. The number of fused-ring (bicyclic) bond motifs is 1. The Bertz CT molecular complexity index is 860. The summed E-state index contributed by atoms with van der Waals surface area (Å²) in [5, 5.41) is 12.9. The molecule has 0 spiro atoms. The average Bonchev–Trinajstić information content (AvgIpc) is 3.15. The number of carboxylic acids is 1. The summed E-state index contributed by atoms with van der Waals surface area (Å²) in [4.78, 5) is 37.7. The first kappa shape index (κ1) is 17.7. The molecule has 2 heterocycles. The third-order valence-corrected chi connectivity index (χ3v) is 4.59. The zero-order valence-electron chi connectivity index (χ0n) is 14.5. The number of ether oxygens (including phenoxy) is 1. The van der Waals surface area contributed by atoms with Crippen LogP contribution < -0.4 is 0 Å². The number of esters is 1. The number of carboxylic acid groups (broad SMARTS) is 1. The van der Waals surface area contributed by atoms with E-state index in [0.717, 1.165) is 11.1 Å². The number of aromatic carboxylic acids is 1. The van der Waals surface area contributed by atoms with Gasteiger partial charge in [-0.15, -0.1) is 0 Å². The van der Waals surface area contributed by atoms with Crippen LogP contribution in [0.2, 0.25) is 0 Å². The van der Waals surface area contributed by atoms with E-state index in [1.807, 2.05) is 24.3 Å². The van der Waals surface area contributed by atoms with E-state index >= 15 is 0 Å². The van der Waals surface area contributed by atoms with Crippen molar-refractivity contribution in [2.45, 2.75) is 32.0 Å². The summed E-state index contributed by atoms with van der Waals surface area (Å²) in [6, 6.07) is 7.49. The van der Waals surface area contributed by atoms with Gasteiger partial charge in [-0.25, -0.2) is 9.59 Å². The highest BCUT2D eigenvalue weighted by molar-refractivity contribution is 5.88. The quantitative estimate of drug-likeness (QED) is 0.827. The van der Waals surface area contributed by atoms with Crippen LogP contribution >= 0.6 is 0 Å². The summed E-state index contributed by atoms with van der Waals surface area (Å²) in [6.45, 7) is 1.90. The third kappa shape index (κ3) is 3.17. The summed E-state index contributed by atoms with van der Waals surface area (Å²) in [7, 11) is 1.29. The second kappa shape index (κ2) is 6.99. The van der Waals surface area contributed by atoms with Gasteiger partial charge in [-0.2, -0.15) is 5.10 Å². The van der Waals surface area contributed by atoms with Crippen molar-refractivity contribution in [2.24, 2.45) is 0 Å². The summed E-state index contributed by atoms with van der Waals surface area (Å²) in [6.07, 6.45) is 1.82. The van der Waals surface area contributed by atoms with Gasteiger partial charge in [-0.3, -0.25) is 9.48 Å². The maximum absolute atomic E-state index is 13.0. The van der Waals surface area contributed by atoms with Crippen molar-refractivity contribution in [1.29, 1.82) is 0 Å². The van der Waals surface area contributed by atoms with Gasteiger partial charge in [-0.05, 0) is 24.1 Å². The lowest BCUT2D eigenvalue weighted by molar-refractivity contribution is -0.155. The first-order valence-corrected chi connectivity index (χ1v) is 8.16. The van der Waals surface area contributed by atoms with Crippen molar-refractivity contribution in [3.63, 3.8) is 0 Å². The predicted molar refractivity (Wildman–Crippen MR) is 90.4 cm³/mol. The van der Waals surface area contributed by atoms with Crippen LogP contribution in [0.5, 0.6) is 0 Å². The molecule has 2 atom stereocenters. The van der Waals surface area contributed by atoms with Crippen LogP contribution in [0, 0.1) is 0 Å². The number of nitrogens with zero attached hydrogens (tertiary/aromatic N) is 3. The van der Waals surface area contributed by atoms with Crippen LogP contribution in [0.3, 0.4) is 0 Å². The Labute approximate surface area is 150 Å². The molecule has 2 unspecified atom stereocenters. The fraction of sp³-hybridized carbons (Fsp3) is 0.333. The third-order valence-electron chi connectivity index (χ3n) is 4.59. The number of hydrogen-bond donors (Lipinski definition) is 1. The van der Waals surface area contributed by atoms with E-state index in [9.17, 15) is 14.4 Å². The molecule has 0 aliphatic carbocycles. The number of rotatable bonds is 4. The lowest BCUT2D eigenvalue weighted by Crippen LogP contribution is -2.51. The molecule has 1 amide bonds. The molecule has 0 fully saturated rings. The van der Waals surface area contributed by atoms with Gasteiger partial charge in [0.2, 0.25) is 5.91 Å². The van der Waals surface area contributed by atoms with E-state index in [4.69, 9.17) is 9.84 Å². The largest absolute Gasteiger partial charge is 0.476 e. The van der Waals surface area contributed by atoms with Gasteiger partial charge in [-0.1, -0.05) is 24.3 Å². The predicted octanol–water partition coefficient (Wildman–Crippen LogP) is 1.27. The number of methoxy groups -OCH3 is 1. The van der Waals surface area contributed by atoms with E-state index in [1.165, 1.54) is 29.0 Å². The first-order chi connectivity index (χ1) is 12.4. The van der Waals surface area contributed by atoms with Gasteiger partial charge < -0.3 is 14.7 Å². The maximum atomic E-state index is 13.0. The molecule has 8 nitrogen and oxygen atoms in total. The Balaban J connectivity index is 1.89. The molecule has 26 heavy (non-hydrogen) atoms. The Morgan fingerprint density at radius 1 is 1.23 bits per heavy atom. The molecule has 8 heteroatoms. The molecular formula is C18H19N3O5. The Hall–Kier alpha value is -3.16. The molecule has 2 aromatic rings. The van der Waals surface area contributed by atoms with Crippen LogP contribution in [0.1, 0.15) is 34.6 Å². The molecule has 0 saturated carbocycles. The standard InChI is InChI=1S/C18H19N3O5/c1-11(21-8-7-14(19-21)17(23)24)16(22)20-10-13-6-4-3-5-12(13)9-15(20)18(25)26-2/h3-8,11,15H,9-10H2,1-2H3,(H,23,24). The monoisotopic (exact) mass is 357 g/mol. The van der Waals surface area contributed by atoms with E-state index < -0.39 is 24.0 Å². The van der Waals surface area contributed by atoms with E-state index in [2.05, 4.69) is 5.10 Å². The van der Waals surface area contributed by atoms with E-state index in [0.29, 0.717) is 6.42 Å². The minimum atomic E-state index is -1.16. The van der Waals surface area contributed by atoms with Gasteiger partial charge in [0.05, 0.1) is 7.11 Å². The first-order valence-electron chi connectivity index (χ1n) is 8.16. The number of carbonyl (C=O) groups excluding carboxylic acids is 2. The molecular weight excluding hydrogens is 338 g/mol. The molecule has 1 aromatic heterocycles. The number of aromatic nitrogens is 2. The van der Waals surface area contributed by atoms with Crippen molar-refractivity contribution in [1.82, 2.24) is 14.7 Å². The molecule has 0 radical (unpaired) electrons. The van der Waals surface area contributed by atoms with E-state index in [-0.39, 0.29) is 18.1 Å². The normalized spacial score (nSPS) is 17.3. The Kier molecular flexibility index (Phi) is 4.75. The Morgan fingerprint density at radius 2 is 1.92 bits per heavy atom. The lowest BCUT2D eigenvalue weighted by Gasteiger charge is -2.36. The van der Waals surface area contributed by atoms with Crippen LogP contribution in [-0.2, 0) is 27.3 Å². The highest BCUT2D eigenvalue weighted by Crippen LogP contribution is 2.26. The molecule has 1 aromatic carbocycles. The summed E-state index contributed by atoms with van der Waals surface area (Å²) < 4.78 is 6.17. The Morgan fingerprint density at radius 3 is 2.54 bits per heavy atom. The number of hydrogen-bond acceptors (Lipinski definition) is 5. The molecule has 0 saturated heterocycles. The van der Waals surface area contributed by atoms with Gasteiger partial charge in [0, 0.05) is 19.2 Å². The number of amides is 1. The molecule has 0 bridgehead atoms. The minimum absolute atomic E-state index is 0.141. The second-order valence-corrected chi connectivity index (χ2v) is 6.14. The van der Waals surface area contributed by atoms with Crippen LogP contribution in [0.4, 0.5) is 0 Å². The summed E-state index contributed by atoms with van der Waals surface area (Å²) >= 11 is 0. The smallest absolute Gasteiger partial charge is 0.356 e. The maximum Gasteiger partial charge on any atom is 0.356 e.